The maximum Gasteiger partial charge on any atom is 0.170 e. The first-order chi connectivity index (χ1) is 6.02. The van der Waals surface area contributed by atoms with E-state index in [4.69, 9.17) is 14.6 Å². The van der Waals surface area contributed by atoms with Gasteiger partial charge in [-0.3, -0.25) is 0 Å². The van der Waals surface area contributed by atoms with E-state index in [2.05, 4.69) is 13.8 Å². The number of aliphatic hydroxyl groups is 1. The van der Waals surface area contributed by atoms with Crippen LogP contribution < -0.4 is 0 Å². The number of hydrogen-bond donors (Lipinski definition) is 1. The number of rotatable bonds is 4. The first kappa shape index (κ1) is 11.0. The summed E-state index contributed by atoms with van der Waals surface area (Å²) in [6, 6.07) is 0. The summed E-state index contributed by atoms with van der Waals surface area (Å²) in [4.78, 5) is 0. The summed E-state index contributed by atoms with van der Waals surface area (Å²) in [6.45, 7) is 7.82. The van der Waals surface area contributed by atoms with Crippen molar-refractivity contribution in [3.05, 3.63) is 0 Å². The molecule has 0 radical (unpaired) electrons. The largest absolute Gasteiger partial charge is 0.396 e. The highest BCUT2D eigenvalue weighted by molar-refractivity contribution is 4.86. The van der Waals surface area contributed by atoms with Crippen molar-refractivity contribution in [2.75, 3.05) is 19.8 Å². The van der Waals surface area contributed by atoms with E-state index in [9.17, 15) is 0 Å². The van der Waals surface area contributed by atoms with Gasteiger partial charge in [-0.15, -0.1) is 0 Å². The Labute approximate surface area is 80.0 Å². The van der Waals surface area contributed by atoms with Crippen LogP contribution in [0.4, 0.5) is 0 Å². The Morgan fingerprint density at radius 3 is 2.31 bits per heavy atom. The topological polar surface area (TPSA) is 38.7 Å². The van der Waals surface area contributed by atoms with Gasteiger partial charge in [0.2, 0.25) is 0 Å². The van der Waals surface area contributed by atoms with Crippen LogP contribution in [0.15, 0.2) is 0 Å². The van der Waals surface area contributed by atoms with Crippen molar-refractivity contribution in [3.8, 4) is 0 Å². The van der Waals surface area contributed by atoms with E-state index in [-0.39, 0.29) is 12.0 Å². The van der Waals surface area contributed by atoms with Crippen molar-refractivity contribution < 1.29 is 14.6 Å². The summed E-state index contributed by atoms with van der Waals surface area (Å²) in [5.74, 6) is -0.470. The van der Waals surface area contributed by atoms with Crippen LogP contribution >= 0.6 is 0 Å². The van der Waals surface area contributed by atoms with E-state index >= 15 is 0 Å². The van der Waals surface area contributed by atoms with Gasteiger partial charge in [0, 0.05) is 12.0 Å². The SMILES string of the molecule is CC(C)(CCCO)C1(C)OCCO1. The summed E-state index contributed by atoms with van der Waals surface area (Å²) in [7, 11) is 0. The quantitative estimate of drug-likeness (QED) is 0.727. The van der Waals surface area contributed by atoms with Gasteiger partial charge in [0.05, 0.1) is 13.2 Å². The average molecular weight is 188 g/mol. The molecular weight excluding hydrogens is 168 g/mol. The Balaban J connectivity index is 2.55. The van der Waals surface area contributed by atoms with Gasteiger partial charge in [0.15, 0.2) is 5.79 Å². The summed E-state index contributed by atoms with van der Waals surface area (Å²) in [6.07, 6.45) is 1.72. The zero-order valence-electron chi connectivity index (χ0n) is 8.80. The van der Waals surface area contributed by atoms with E-state index in [1.54, 1.807) is 0 Å². The zero-order chi connectivity index (χ0) is 9.95. The van der Waals surface area contributed by atoms with E-state index in [0.29, 0.717) is 13.2 Å². The van der Waals surface area contributed by atoms with Crippen LogP contribution in [0.3, 0.4) is 0 Å². The summed E-state index contributed by atoms with van der Waals surface area (Å²) >= 11 is 0. The smallest absolute Gasteiger partial charge is 0.170 e. The van der Waals surface area contributed by atoms with Crippen LogP contribution in [-0.2, 0) is 9.47 Å². The number of ether oxygens (including phenoxy) is 2. The average Bonchev–Trinajstić information content (AvgIpc) is 2.50. The van der Waals surface area contributed by atoms with Gasteiger partial charge in [-0.2, -0.15) is 0 Å². The summed E-state index contributed by atoms with van der Waals surface area (Å²) in [5, 5.41) is 8.77. The van der Waals surface area contributed by atoms with Crippen LogP contribution in [0.25, 0.3) is 0 Å². The molecule has 3 heteroatoms. The van der Waals surface area contributed by atoms with Gasteiger partial charge in [0.1, 0.15) is 0 Å². The monoisotopic (exact) mass is 188 g/mol. The third kappa shape index (κ3) is 2.22. The second-order valence-corrected chi connectivity index (χ2v) is 4.35. The fourth-order valence-corrected chi connectivity index (χ4v) is 1.65. The highest BCUT2D eigenvalue weighted by atomic mass is 16.7. The fourth-order valence-electron chi connectivity index (χ4n) is 1.65. The second kappa shape index (κ2) is 3.95. The van der Waals surface area contributed by atoms with Crippen molar-refractivity contribution in [3.63, 3.8) is 0 Å². The van der Waals surface area contributed by atoms with E-state index in [1.807, 2.05) is 6.92 Å². The van der Waals surface area contributed by atoms with Gasteiger partial charge in [-0.1, -0.05) is 13.8 Å². The van der Waals surface area contributed by atoms with Crippen LogP contribution in [0.2, 0.25) is 0 Å². The molecule has 0 saturated carbocycles. The molecule has 1 N–H and O–H groups in total. The van der Waals surface area contributed by atoms with Gasteiger partial charge < -0.3 is 14.6 Å². The van der Waals surface area contributed by atoms with Crippen LogP contribution in [0, 0.1) is 5.41 Å². The lowest BCUT2D eigenvalue weighted by Gasteiger charge is -2.39. The van der Waals surface area contributed by atoms with Crippen molar-refractivity contribution in [1.82, 2.24) is 0 Å². The predicted molar refractivity (Wildman–Crippen MR) is 50.4 cm³/mol. The summed E-state index contributed by atoms with van der Waals surface area (Å²) in [5.41, 5.74) is -0.0355. The van der Waals surface area contributed by atoms with Gasteiger partial charge in [0.25, 0.3) is 0 Å². The summed E-state index contributed by atoms with van der Waals surface area (Å²) < 4.78 is 11.2. The minimum Gasteiger partial charge on any atom is -0.396 e. The molecule has 0 spiro atoms. The maximum absolute atomic E-state index is 8.77. The molecule has 0 bridgehead atoms. The lowest BCUT2D eigenvalue weighted by molar-refractivity contribution is -0.216. The fraction of sp³-hybridized carbons (Fsp3) is 1.00. The molecule has 1 heterocycles. The second-order valence-electron chi connectivity index (χ2n) is 4.35. The van der Waals surface area contributed by atoms with Crippen molar-refractivity contribution in [2.24, 2.45) is 5.41 Å². The number of aliphatic hydroxyl groups excluding tert-OH is 1. The molecule has 0 aromatic rings. The lowest BCUT2D eigenvalue weighted by Crippen LogP contribution is -2.43. The molecule has 1 aliphatic rings. The van der Waals surface area contributed by atoms with E-state index in [1.165, 1.54) is 0 Å². The van der Waals surface area contributed by atoms with Crippen LogP contribution in [0.5, 0.6) is 0 Å². The molecule has 0 aliphatic carbocycles. The number of hydrogen-bond acceptors (Lipinski definition) is 3. The third-order valence-electron chi connectivity index (χ3n) is 3.03. The highest BCUT2D eigenvalue weighted by Crippen LogP contribution is 2.41. The third-order valence-corrected chi connectivity index (χ3v) is 3.03. The molecule has 1 rings (SSSR count). The van der Waals surface area contributed by atoms with E-state index < -0.39 is 5.79 Å². The molecule has 1 fully saturated rings. The molecule has 1 aliphatic heterocycles. The Morgan fingerprint density at radius 2 is 1.85 bits per heavy atom. The molecule has 3 nitrogen and oxygen atoms in total. The molecule has 78 valence electrons. The maximum atomic E-state index is 8.77. The normalized spacial score (nSPS) is 22.2. The Hall–Kier alpha value is -0.120. The molecule has 0 aromatic carbocycles. The van der Waals surface area contributed by atoms with Crippen molar-refractivity contribution >= 4 is 0 Å². The molecule has 0 atom stereocenters. The minimum atomic E-state index is -0.470. The molecule has 1 saturated heterocycles. The van der Waals surface area contributed by atoms with E-state index in [0.717, 1.165) is 12.8 Å². The molecule has 13 heavy (non-hydrogen) atoms. The van der Waals surface area contributed by atoms with Gasteiger partial charge >= 0.3 is 0 Å². The Kier molecular flexibility index (Phi) is 3.33. The standard InChI is InChI=1S/C10H20O3/c1-9(2,5-4-6-11)10(3)12-7-8-13-10/h11H,4-8H2,1-3H3. The van der Waals surface area contributed by atoms with Crippen LogP contribution in [-0.4, -0.2) is 30.7 Å². The van der Waals surface area contributed by atoms with Crippen molar-refractivity contribution in [1.29, 1.82) is 0 Å². The van der Waals surface area contributed by atoms with Crippen molar-refractivity contribution in [2.45, 2.75) is 39.4 Å². The Morgan fingerprint density at radius 1 is 1.31 bits per heavy atom. The lowest BCUT2D eigenvalue weighted by atomic mass is 9.80. The molecule has 0 aromatic heterocycles. The molecular formula is C10H20O3. The predicted octanol–water partition coefficient (Wildman–Crippen LogP) is 1.55. The first-order valence-electron chi connectivity index (χ1n) is 4.91. The van der Waals surface area contributed by atoms with Gasteiger partial charge in [-0.05, 0) is 19.8 Å². The minimum absolute atomic E-state index is 0.0355. The first-order valence-corrected chi connectivity index (χ1v) is 4.91. The van der Waals surface area contributed by atoms with Crippen LogP contribution in [0.1, 0.15) is 33.6 Å². The Bertz CT molecular complexity index is 160. The zero-order valence-corrected chi connectivity index (χ0v) is 8.80. The molecule has 0 amide bonds. The van der Waals surface area contributed by atoms with Gasteiger partial charge in [-0.25, -0.2) is 0 Å². The molecule has 0 unspecified atom stereocenters. The highest BCUT2D eigenvalue weighted by Gasteiger charge is 2.45.